The standard InChI is InChI=1S/C20H21F3N4O/c1-4-19(11-6-5-7-12(8-11)20(21,22)23)13-10-24-27-16(13)25-14-9-18(2,3)26-17(28)15(14)19/h5-8,10,16,25H,4,9H2,1-3H3,(H,26,28)/t16?,19-/m0/s1. The number of nitrogens with zero attached hydrogens (tertiary/aromatic N) is 2. The monoisotopic (exact) mass is 390 g/mol. The Morgan fingerprint density at radius 1 is 1.29 bits per heavy atom. The van der Waals surface area contributed by atoms with Gasteiger partial charge in [0.25, 0.3) is 5.91 Å². The van der Waals surface area contributed by atoms with Crippen molar-refractivity contribution in [3.63, 3.8) is 0 Å². The van der Waals surface area contributed by atoms with E-state index in [0.29, 0.717) is 29.6 Å². The molecule has 3 heterocycles. The summed E-state index contributed by atoms with van der Waals surface area (Å²) >= 11 is 0. The Balaban J connectivity index is 1.99. The highest BCUT2D eigenvalue weighted by atomic mass is 19.4. The molecule has 2 atom stereocenters. The Bertz CT molecular complexity index is 945. The zero-order valence-electron chi connectivity index (χ0n) is 15.8. The van der Waals surface area contributed by atoms with Crippen molar-refractivity contribution in [3.05, 3.63) is 58.4 Å². The van der Waals surface area contributed by atoms with E-state index in [-0.39, 0.29) is 5.91 Å². The Labute approximate surface area is 160 Å². The molecule has 8 heteroatoms. The molecule has 0 spiro atoms. The molecule has 3 aliphatic heterocycles. The summed E-state index contributed by atoms with van der Waals surface area (Å²) in [5.74, 6) is -0.274. The molecule has 0 saturated carbocycles. The molecular weight excluding hydrogens is 369 g/mol. The summed E-state index contributed by atoms with van der Waals surface area (Å²) in [4.78, 5) is 13.1. The van der Waals surface area contributed by atoms with E-state index in [9.17, 15) is 18.0 Å². The number of carbonyl (C=O) groups is 1. The topological polar surface area (TPSA) is 65.8 Å². The minimum atomic E-state index is -4.47. The minimum Gasteiger partial charge on any atom is -0.362 e. The summed E-state index contributed by atoms with van der Waals surface area (Å²) in [6.07, 6.45) is -2.43. The zero-order chi connectivity index (χ0) is 20.3. The first-order valence-electron chi connectivity index (χ1n) is 9.19. The average Bonchev–Trinajstić information content (AvgIpc) is 3.06. The van der Waals surface area contributed by atoms with Crippen LogP contribution in [-0.2, 0) is 16.4 Å². The molecule has 0 saturated heterocycles. The lowest BCUT2D eigenvalue weighted by Crippen LogP contribution is -2.58. The fourth-order valence-corrected chi connectivity index (χ4v) is 4.57. The summed E-state index contributed by atoms with van der Waals surface area (Å²) in [5.41, 5.74) is 0.0859. The van der Waals surface area contributed by atoms with Gasteiger partial charge in [-0.25, -0.2) is 0 Å². The van der Waals surface area contributed by atoms with Gasteiger partial charge in [0.05, 0.1) is 22.8 Å². The molecule has 1 unspecified atom stereocenters. The Morgan fingerprint density at radius 3 is 2.71 bits per heavy atom. The third-order valence-corrected chi connectivity index (χ3v) is 5.72. The van der Waals surface area contributed by atoms with E-state index in [2.05, 4.69) is 20.9 Å². The molecule has 5 nitrogen and oxygen atoms in total. The van der Waals surface area contributed by atoms with E-state index >= 15 is 0 Å². The van der Waals surface area contributed by atoms with Gasteiger partial charge in [-0.15, -0.1) is 0 Å². The number of benzene rings is 1. The normalized spacial score (nSPS) is 28.3. The van der Waals surface area contributed by atoms with E-state index in [1.165, 1.54) is 6.07 Å². The summed E-state index contributed by atoms with van der Waals surface area (Å²) in [7, 11) is 0. The maximum atomic E-state index is 13.4. The summed E-state index contributed by atoms with van der Waals surface area (Å²) in [6, 6.07) is 5.23. The van der Waals surface area contributed by atoms with Gasteiger partial charge in [-0.1, -0.05) is 25.1 Å². The summed E-state index contributed by atoms with van der Waals surface area (Å²) in [5, 5.41) is 14.5. The van der Waals surface area contributed by atoms with Crippen molar-refractivity contribution in [2.75, 3.05) is 0 Å². The predicted octanol–water partition coefficient (Wildman–Crippen LogP) is 4.18. The van der Waals surface area contributed by atoms with E-state index < -0.39 is 28.9 Å². The van der Waals surface area contributed by atoms with Crippen molar-refractivity contribution in [1.29, 1.82) is 0 Å². The molecule has 3 aliphatic rings. The SMILES string of the molecule is CC[C@]1(c2cccc(C(F)(F)F)c2)C2=CN=NC2NC2=C1C(=O)NC(C)(C)C2. The molecule has 1 aromatic rings. The third kappa shape index (κ3) is 2.65. The van der Waals surface area contributed by atoms with Gasteiger partial charge >= 0.3 is 6.18 Å². The smallest absolute Gasteiger partial charge is 0.362 e. The first-order chi connectivity index (χ1) is 13.1. The Hall–Kier alpha value is -2.64. The molecule has 1 aromatic carbocycles. The van der Waals surface area contributed by atoms with Gasteiger partial charge in [0.2, 0.25) is 0 Å². The number of nitrogens with one attached hydrogen (secondary N) is 2. The van der Waals surface area contributed by atoms with Gasteiger partial charge in [-0.3, -0.25) is 4.79 Å². The lowest BCUT2D eigenvalue weighted by molar-refractivity contribution is -0.137. The lowest BCUT2D eigenvalue weighted by atomic mass is 9.62. The van der Waals surface area contributed by atoms with Gasteiger partial charge in [-0.05, 0) is 31.9 Å². The van der Waals surface area contributed by atoms with Gasteiger partial charge in [0.15, 0.2) is 6.17 Å². The van der Waals surface area contributed by atoms with Crippen LogP contribution in [0.2, 0.25) is 0 Å². The van der Waals surface area contributed by atoms with Gasteiger partial charge in [0.1, 0.15) is 0 Å². The highest BCUT2D eigenvalue weighted by molar-refractivity contribution is 6.00. The number of carbonyl (C=O) groups excluding carboxylic acids is 1. The van der Waals surface area contributed by atoms with Crippen molar-refractivity contribution in [2.24, 2.45) is 10.2 Å². The van der Waals surface area contributed by atoms with Crippen LogP contribution in [-0.4, -0.2) is 17.6 Å². The van der Waals surface area contributed by atoms with E-state index in [1.54, 1.807) is 12.3 Å². The summed E-state index contributed by atoms with van der Waals surface area (Å²) in [6.45, 7) is 5.70. The minimum absolute atomic E-state index is 0.274. The van der Waals surface area contributed by atoms with E-state index in [0.717, 1.165) is 17.8 Å². The molecule has 1 amide bonds. The molecule has 148 valence electrons. The van der Waals surface area contributed by atoms with Crippen LogP contribution in [0.3, 0.4) is 0 Å². The predicted molar refractivity (Wildman–Crippen MR) is 97.1 cm³/mol. The number of hydrogen-bond acceptors (Lipinski definition) is 4. The van der Waals surface area contributed by atoms with Crippen molar-refractivity contribution in [1.82, 2.24) is 10.6 Å². The number of alkyl halides is 3. The van der Waals surface area contributed by atoms with Crippen LogP contribution in [0.1, 0.15) is 44.7 Å². The molecule has 0 fully saturated rings. The largest absolute Gasteiger partial charge is 0.416 e. The van der Waals surface area contributed by atoms with Crippen molar-refractivity contribution in [2.45, 2.75) is 56.9 Å². The van der Waals surface area contributed by atoms with Crippen molar-refractivity contribution < 1.29 is 18.0 Å². The third-order valence-electron chi connectivity index (χ3n) is 5.72. The van der Waals surface area contributed by atoms with Crippen molar-refractivity contribution in [3.8, 4) is 0 Å². The number of hydrogen-bond donors (Lipinski definition) is 2. The maximum Gasteiger partial charge on any atom is 0.416 e. The zero-order valence-corrected chi connectivity index (χ0v) is 15.8. The molecule has 0 bridgehead atoms. The number of rotatable bonds is 2. The maximum absolute atomic E-state index is 13.4. The molecule has 4 rings (SSSR count). The second-order valence-corrected chi connectivity index (χ2v) is 8.07. The molecule has 0 aromatic heterocycles. The number of azo groups is 1. The van der Waals surface area contributed by atoms with Crippen LogP contribution < -0.4 is 10.6 Å². The molecule has 0 aliphatic carbocycles. The number of amides is 1. The second kappa shape index (κ2) is 5.93. The van der Waals surface area contributed by atoms with Crippen LogP contribution in [0.25, 0.3) is 0 Å². The van der Waals surface area contributed by atoms with Gasteiger partial charge in [0, 0.05) is 23.2 Å². The fourth-order valence-electron chi connectivity index (χ4n) is 4.57. The summed E-state index contributed by atoms with van der Waals surface area (Å²) < 4.78 is 40.2. The molecule has 0 radical (unpaired) electrons. The highest BCUT2D eigenvalue weighted by Gasteiger charge is 2.53. The highest BCUT2D eigenvalue weighted by Crippen LogP contribution is 2.51. The fraction of sp³-hybridized carbons (Fsp3) is 0.450. The van der Waals surface area contributed by atoms with E-state index in [4.69, 9.17) is 0 Å². The number of halogens is 3. The first kappa shape index (κ1) is 18.7. The Morgan fingerprint density at radius 2 is 2.04 bits per heavy atom. The van der Waals surface area contributed by atoms with Gasteiger partial charge in [-0.2, -0.15) is 23.4 Å². The quantitative estimate of drug-likeness (QED) is 0.795. The van der Waals surface area contributed by atoms with Crippen LogP contribution >= 0.6 is 0 Å². The first-order valence-corrected chi connectivity index (χ1v) is 9.19. The lowest BCUT2D eigenvalue weighted by Gasteiger charge is -2.48. The average molecular weight is 390 g/mol. The van der Waals surface area contributed by atoms with Crippen LogP contribution in [0, 0.1) is 0 Å². The molecule has 2 N–H and O–H groups in total. The van der Waals surface area contributed by atoms with Crippen molar-refractivity contribution >= 4 is 5.91 Å². The van der Waals surface area contributed by atoms with Crippen LogP contribution in [0.4, 0.5) is 13.2 Å². The number of fused-ring (bicyclic) bond motifs is 1. The molecular formula is C20H21F3N4O. The second-order valence-electron chi connectivity index (χ2n) is 8.07. The Kier molecular flexibility index (Phi) is 3.96. The van der Waals surface area contributed by atoms with E-state index in [1.807, 2.05) is 20.8 Å². The van der Waals surface area contributed by atoms with Crippen LogP contribution in [0.5, 0.6) is 0 Å². The van der Waals surface area contributed by atoms with Gasteiger partial charge < -0.3 is 10.6 Å². The molecule has 28 heavy (non-hydrogen) atoms. The van der Waals surface area contributed by atoms with Crippen LogP contribution in [0.15, 0.2) is 57.5 Å².